The number of ketones is 1. The van der Waals surface area contributed by atoms with Crippen molar-refractivity contribution in [3.63, 3.8) is 0 Å². The summed E-state index contributed by atoms with van der Waals surface area (Å²) in [5, 5.41) is 7.08. The molecule has 0 bridgehead atoms. The number of carbonyl (C=O) groups is 3. The summed E-state index contributed by atoms with van der Waals surface area (Å²) in [6.07, 6.45) is -0.969. The molecule has 1 N–H and O–H groups in total. The molecule has 0 aliphatic carbocycles. The van der Waals surface area contributed by atoms with Crippen molar-refractivity contribution in [3.8, 4) is 5.69 Å². The van der Waals surface area contributed by atoms with E-state index in [1.165, 1.54) is 13.8 Å². The Morgan fingerprint density at radius 2 is 1.63 bits per heavy atom. The summed E-state index contributed by atoms with van der Waals surface area (Å²) in [4.78, 5) is 36.5. The van der Waals surface area contributed by atoms with E-state index in [9.17, 15) is 14.4 Å². The molecule has 0 saturated heterocycles. The zero-order valence-corrected chi connectivity index (χ0v) is 17.3. The number of nitrogens with zero attached hydrogens (tertiary/aromatic N) is 2. The maximum atomic E-state index is 12.8. The van der Waals surface area contributed by atoms with E-state index in [1.807, 2.05) is 30.3 Å². The van der Waals surface area contributed by atoms with Crippen molar-refractivity contribution >= 4 is 23.3 Å². The number of para-hydroxylation sites is 1. The standard InChI is InChI=1S/C23H23N3O4/c1-14-21(15(2)26(25-14)20-8-6-5-7-9-20)23(29)30-16(3)22(28)18-10-12-19(13-11-18)24-17(4)27/h5-13,16H,1-4H3,(H,24,27)/t16-/m0/s1. The molecular formula is C23H23N3O4. The van der Waals surface area contributed by atoms with Crippen LogP contribution in [-0.2, 0) is 9.53 Å². The third kappa shape index (κ3) is 4.46. The Labute approximate surface area is 174 Å². The third-order valence-electron chi connectivity index (χ3n) is 4.64. The molecule has 7 nitrogen and oxygen atoms in total. The largest absolute Gasteiger partial charge is 0.451 e. The normalized spacial score (nSPS) is 11.6. The second kappa shape index (κ2) is 8.73. The van der Waals surface area contributed by atoms with Gasteiger partial charge in [0.2, 0.25) is 11.7 Å². The van der Waals surface area contributed by atoms with E-state index < -0.39 is 12.1 Å². The zero-order valence-electron chi connectivity index (χ0n) is 17.3. The number of rotatable bonds is 6. The van der Waals surface area contributed by atoms with Crippen LogP contribution >= 0.6 is 0 Å². The number of carbonyl (C=O) groups excluding carboxylic acids is 3. The lowest BCUT2D eigenvalue weighted by Gasteiger charge is -2.13. The predicted molar refractivity (Wildman–Crippen MR) is 113 cm³/mol. The van der Waals surface area contributed by atoms with Crippen molar-refractivity contribution in [3.05, 3.63) is 77.1 Å². The van der Waals surface area contributed by atoms with Crippen LogP contribution in [0.5, 0.6) is 0 Å². The lowest BCUT2D eigenvalue weighted by molar-refractivity contribution is -0.114. The number of aryl methyl sites for hydroxylation is 1. The lowest BCUT2D eigenvalue weighted by Crippen LogP contribution is -2.25. The SMILES string of the molecule is CC(=O)Nc1ccc(C(=O)[C@H](C)OC(=O)c2c(C)nn(-c3ccccc3)c2C)cc1. The molecule has 30 heavy (non-hydrogen) atoms. The van der Waals surface area contributed by atoms with E-state index in [4.69, 9.17) is 4.74 Å². The van der Waals surface area contributed by atoms with Crippen molar-refractivity contribution in [1.29, 1.82) is 0 Å². The van der Waals surface area contributed by atoms with E-state index in [0.29, 0.717) is 28.2 Å². The van der Waals surface area contributed by atoms with Gasteiger partial charge in [0.05, 0.1) is 17.1 Å². The van der Waals surface area contributed by atoms with Gasteiger partial charge < -0.3 is 10.1 Å². The molecule has 0 unspecified atom stereocenters. The summed E-state index contributed by atoms with van der Waals surface area (Å²) in [6.45, 7) is 6.46. The highest BCUT2D eigenvalue weighted by Gasteiger charge is 2.25. The van der Waals surface area contributed by atoms with Gasteiger partial charge in [0.1, 0.15) is 5.56 Å². The minimum atomic E-state index is -0.969. The minimum Gasteiger partial charge on any atom is -0.451 e. The molecule has 7 heteroatoms. The third-order valence-corrected chi connectivity index (χ3v) is 4.64. The number of amides is 1. The highest BCUT2D eigenvalue weighted by molar-refractivity contribution is 6.02. The smallest absolute Gasteiger partial charge is 0.342 e. The van der Waals surface area contributed by atoms with Crippen LogP contribution in [0.15, 0.2) is 54.6 Å². The van der Waals surface area contributed by atoms with Crippen molar-refractivity contribution in [2.75, 3.05) is 5.32 Å². The maximum absolute atomic E-state index is 12.8. The quantitative estimate of drug-likeness (QED) is 0.497. The van der Waals surface area contributed by atoms with Crippen LogP contribution < -0.4 is 5.32 Å². The highest BCUT2D eigenvalue weighted by atomic mass is 16.5. The van der Waals surface area contributed by atoms with Crippen LogP contribution in [0.4, 0.5) is 5.69 Å². The number of hydrogen-bond acceptors (Lipinski definition) is 5. The monoisotopic (exact) mass is 405 g/mol. The van der Waals surface area contributed by atoms with Gasteiger partial charge in [-0.1, -0.05) is 18.2 Å². The number of ether oxygens (including phenoxy) is 1. The van der Waals surface area contributed by atoms with Crippen molar-refractivity contribution in [2.24, 2.45) is 0 Å². The summed E-state index contributed by atoms with van der Waals surface area (Å²) >= 11 is 0. The summed E-state index contributed by atoms with van der Waals surface area (Å²) in [5.41, 5.74) is 3.32. The maximum Gasteiger partial charge on any atom is 0.342 e. The van der Waals surface area contributed by atoms with Gasteiger partial charge in [-0.25, -0.2) is 9.48 Å². The molecule has 0 aliphatic heterocycles. The Balaban J connectivity index is 1.75. The van der Waals surface area contributed by atoms with Gasteiger partial charge in [-0.05, 0) is 57.2 Å². The number of hydrogen-bond donors (Lipinski definition) is 1. The van der Waals surface area contributed by atoms with Gasteiger partial charge in [-0.15, -0.1) is 0 Å². The van der Waals surface area contributed by atoms with Gasteiger partial charge in [0, 0.05) is 18.2 Å². The van der Waals surface area contributed by atoms with Crippen molar-refractivity contribution in [1.82, 2.24) is 9.78 Å². The molecule has 154 valence electrons. The fourth-order valence-corrected chi connectivity index (χ4v) is 3.19. The Hall–Kier alpha value is -3.74. The predicted octanol–water partition coefficient (Wildman–Crippen LogP) is 3.88. The molecule has 0 saturated carbocycles. The Morgan fingerprint density at radius 1 is 1.00 bits per heavy atom. The topological polar surface area (TPSA) is 90.3 Å². The molecule has 0 radical (unpaired) electrons. The molecule has 1 aromatic heterocycles. The number of anilines is 1. The second-order valence-electron chi connectivity index (χ2n) is 6.96. The van der Waals surface area contributed by atoms with Gasteiger partial charge >= 0.3 is 5.97 Å². The van der Waals surface area contributed by atoms with Crippen LogP contribution in [0.1, 0.15) is 46.0 Å². The van der Waals surface area contributed by atoms with E-state index in [-0.39, 0.29) is 11.7 Å². The lowest BCUT2D eigenvalue weighted by atomic mass is 10.1. The molecule has 2 aromatic carbocycles. The van der Waals surface area contributed by atoms with Crippen molar-refractivity contribution < 1.29 is 19.1 Å². The number of nitrogens with one attached hydrogen (secondary N) is 1. The first-order chi connectivity index (χ1) is 14.3. The molecule has 3 aromatic rings. The molecule has 0 spiro atoms. The average molecular weight is 405 g/mol. The first-order valence-electron chi connectivity index (χ1n) is 9.52. The second-order valence-corrected chi connectivity index (χ2v) is 6.96. The molecule has 0 aliphatic rings. The van der Waals surface area contributed by atoms with Gasteiger partial charge in [-0.2, -0.15) is 5.10 Å². The van der Waals surface area contributed by atoms with Gasteiger partial charge in [0.25, 0.3) is 0 Å². The van der Waals surface area contributed by atoms with Crippen LogP contribution in [-0.4, -0.2) is 33.5 Å². The van der Waals surface area contributed by atoms with Crippen molar-refractivity contribution in [2.45, 2.75) is 33.8 Å². The molecule has 1 heterocycles. The number of aromatic nitrogens is 2. The Bertz CT molecular complexity index is 1090. The summed E-state index contributed by atoms with van der Waals surface area (Å²) in [7, 11) is 0. The fraction of sp³-hybridized carbons (Fsp3) is 0.217. The molecule has 1 atom stereocenters. The van der Waals surface area contributed by atoms with Gasteiger partial charge in [0.15, 0.2) is 6.10 Å². The fourth-order valence-electron chi connectivity index (χ4n) is 3.19. The van der Waals surface area contributed by atoms with Crippen LogP contribution in [0.2, 0.25) is 0 Å². The number of esters is 1. The highest BCUT2D eigenvalue weighted by Crippen LogP contribution is 2.20. The van der Waals surface area contributed by atoms with Gasteiger partial charge in [-0.3, -0.25) is 9.59 Å². The summed E-state index contributed by atoms with van der Waals surface area (Å²) in [5.74, 6) is -1.12. The Kier molecular flexibility index (Phi) is 6.11. The van der Waals surface area contributed by atoms with E-state index >= 15 is 0 Å². The number of benzene rings is 2. The molecular weight excluding hydrogens is 382 g/mol. The first-order valence-corrected chi connectivity index (χ1v) is 9.52. The van der Waals surface area contributed by atoms with E-state index in [1.54, 1.807) is 42.8 Å². The number of Topliss-reactive ketones (excluding diaryl/α,β-unsaturated/α-hetero) is 1. The first kappa shape index (κ1) is 21.0. The van der Waals surface area contributed by atoms with E-state index in [2.05, 4.69) is 10.4 Å². The molecule has 3 rings (SSSR count). The summed E-state index contributed by atoms with van der Waals surface area (Å²) < 4.78 is 7.13. The average Bonchev–Trinajstić information content (AvgIpc) is 3.02. The minimum absolute atomic E-state index is 0.196. The van der Waals surface area contributed by atoms with Crippen LogP contribution in [0.25, 0.3) is 5.69 Å². The van der Waals surface area contributed by atoms with Crippen LogP contribution in [0, 0.1) is 13.8 Å². The Morgan fingerprint density at radius 3 is 2.23 bits per heavy atom. The zero-order chi connectivity index (χ0) is 21.8. The summed E-state index contributed by atoms with van der Waals surface area (Å²) in [6, 6.07) is 15.9. The molecule has 1 amide bonds. The van der Waals surface area contributed by atoms with E-state index in [0.717, 1.165) is 5.69 Å². The van der Waals surface area contributed by atoms with Crippen LogP contribution in [0.3, 0.4) is 0 Å². The molecule has 0 fully saturated rings.